The van der Waals surface area contributed by atoms with Gasteiger partial charge in [0.2, 0.25) is 0 Å². The summed E-state index contributed by atoms with van der Waals surface area (Å²) in [4.78, 5) is 25.6. The smallest absolute Gasteiger partial charge is 0.313 e. The number of anilines is 1. The van der Waals surface area contributed by atoms with Crippen LogP contribution in [0.4, 0.5) is 5.69 Å². The third kappa shape index (κ3) is 5.34. The van der Waals surface area contributed by atoms with E-state index in [0.717, 1.165) is 32.7 Å². The summed E-state index contributed by atoms with van der Waals surface area (Å²) in [5.41, 5.74) is 0.543. The van der Waals surface area contributed by atoms with Crippen LogP contribution in [0.2, 0.25) is 5.02 Å². The molecule has 0 atom stereocenters. The summed E-state index contributed by atoms with van der Waals surface area (Å²) in [6, 6.07) is 6.60. The van der Waals surface area contributed by atoms with Crippen molar-refractivity contribution < 1.29 is 9.59 Å². The fourth-order valence-corrected chi connectivity index (χ4v) is 2.19. The van der Waals surface area contributed by atoms with Gasteiger partial charge in [0.15, 0.2) is 0 Å². The lowest BCUT2D eigenvalue weighted by molar-refractivity contribution is -0.136. The van der Waals surface area contributed by atoms with Gasteiger partial charge in [-0.1, -0.05) is 11.6 Å². The molecule has 1 aliphatic rings. The van der Waals surface area contributed by atoms with E-state index in [0.29, 0.717) is 17.3 Å². The number of nitrogens with one attached hydrogen (secondary N) is 3. The predicted octanol–water partition coefficient (Wildman–Crippen LogP) is 0.300. The second-order valence-electron chi connectivity index (χ2n) is 4.81. The molecule has 21 heavy (non-hydrogen) atoms. The second kappa shape index (κ2) is 7.97. The van der Waals surface area contributed by atoms with Crippen molar-refractivity contribution in [1.82, 2.24) is 15.5 Å². The van der Waals surface area contributed by atoms with Gasteiger partial charge in [-0.2, -0.15) is 0 Å². The van der Waals surface area contributed by atoms with E-state index in [2.05, 4.69) is 20.9 Å². The highest BCUT2D eigenvalue weighted by molar-refractivity contribution is 6.39. The molecule has 6 nitrogen and oxygen atoms in total. The van der Waals surface area contributed by atoms with Crippen molar-refractivity contribution >= 4 is 29.1 Å². The van der Waals surface area contributed by atoms with Crippen LogP contribution in [0.3, 0.4) is 0 Å². The number of hydrogen-bond acceptors (Lipinski definition) is 4. The first-order chi connectivity index (χ1) is 10.1. The van der Waals surface area contributed by atoms with Gasteiger partial charge in [0, 0.05) is 50.0 Å². The van der Waals surface area contributed by atoms with Crippen molar-refractivity contribution in [3.63, 3.8) is 0 Å². The van der Waals surface area contributed by atoms with Crippen LogP contribution in [0.5, 0.6) is 0 Å². The highest BCUT2D eigenvalue weighted by Crippen LogP contribution is 2.13. The Morgan fingerprint density at radius 3 is 2.48 bits per heavy atom. The number of rotatable bonds is 4. The van der Waals surface area contributed by atoms with Crippen LogP contribution in [0.25, 0.3) is 0 Å². The SMILES string of the molecule is O=C(NCCN1CCNCC1)C(=O)Nc1ccc(Cl)cc1. The van der Waals surface area contributed by atoms with Gasteiger partial charge >= 0.3 is 11.8 Å². The van der Waals surface area contributed by atoms with E-state index in [1.54, 1.807) is 24.3 Å². The van der Waals surface area contributed by atoms with Gasteiger partial charge in [0.05, 0.1) is 0 Å². The average Bonchev–Trinajstić information content (AvgIpc) is 2.50. The molecular formula is C14H19ClN4O2. The molecule has 0 bridgehead atoms. The van der Waals surface area contributed by atoms with Crippen molar-refractivity contribution in [3.8, 4) is 0 Å². The number of piperazine rings is 1. The molecule has 0 spiro atoms. The highest BCUT2D eigenvalue weighted by atomic mass is 35.5. The molecule has 1 aliphatic heterocycles. The van der Waals surface area contributed by atoms with Crippen LogP contribution in [0, 0.1) is 0 Å². The van der Waals surface area contributed by atoms with Crippen molar-refractivity contribution in [1.29, 1.82) is 0 Å². The Hall–Kier alpha value is -1.63. The molecule has 2 rings (SSSR count). The molecule has 0 unspecified atom stereocenters. The second-order valence-corrected chi connectivity index (χ2v) is 5.24. The van der Waals surface area contributed by atoms with Crippen molar-refractivity contribution in [2.24, 2.45) is 0 Å². The fraction of sp³-hybridized carbons (Fsp3) is 0.429. The lowest BCUT2D eigenvalue weighted by Crippen LogP contribution is -2.47. The minimum atomic E-state index is -0.669. The molecule has 114 valence electrons. The first-order valence-corrected chi connectivity index (χ1v) is 7.31. The maximum Gasteiger partial charge on any atom is 0.313 e. The number of hydrogen-bond donors (Lipinski definition) is 3. The van der Waals surface area contributed by atoms with Gasteiger partial charge in [-0.05, 0) is 24.3 Å². The van der Waals surface area contributed by atoms with Crippen molar-refractivity contribution in [2.45, 2.75) is 0 Å². The molecule has 1 aromatic carbocycles. The molecule has 0 aliphatic carbocycles. The van der Waals surface area contributed by atoms with E-state index in [1.807, 2.05) is 0 Å². The van der Waals surface area contributed by atoms with E-state index in [1.165, 1.54) is 0 Å². The van der Waals surface area contributed by atoms with Crippen LogP contribution < -0.4 is 16.0 Å². The zero-order chi connectivity index (χ0) is 15.1. The van der Waals surface area contributed by atoms with E-state index < -0.39 is 11.8 Å². The van der Waals surface area contributed by atoms with Gasteiger partial charge in [0.25, 0.3) is 0 Å². The van der Waals surface area contributed by atoms with Gasteiger partial charge < -0.3 is 16.0 Å². The molecule has 0 aromatic heterocycles. The summed E-state index contributed by atoms with van der Waals surface area (Å²) in [5, 5.41) is 8.98. The Labute approximate surface area is 128 Å². The molecule has 1 saturated heterocycles. The number of carbonyl (C=O) groups excluding carboxylic acids is 2. The van der Waals surface area contributed by atoms with Gasteiger partial charge in [-0.3, -0.25) is 14.5 Å². The van der Waals surface area contributed by atoms with Crippen LogP contribution in [0.15, 0.2) is 24.3 Å². The highest BCUT2D eigenvalue weighted by Gasteiger charge is 2.14. The summed E-state index contributed by atoms with van der Waals surface area (Å²) in [6.07, 6.45) is 0. The molecule has 1 aromatic rings. The van der Waals surface area contributed by atoms with Crippen molar-refractivity contribution in [3.05, 3.63) is 29.3 Å². The van der Waals surface area contributed by atoms with Gasteiger partial charge in [-0.25, -0.2) is 0 Å². The van der Waals surface area contributed by atoms with E-state index in [9.17, 15) is 9.59 Å². The standard InChI is InChI=1S/C14H19ClN4O2/c15-11-1-3-12(4-2-11)18-14(21)13(20)17-7-10-19-8-5-16-6-9-19/h1-4,16H,5-10H2,(H,17,20)(H,18,21). The zero-order valence-electron chi connectivity index (χ0n) is 11.7. The first-order valence-electron chi connectivity index (χ1n) is 6.93. The molecule has 3 N–H and O–H groups in total. The number of amides is 2. The van der Waals surface area contributed by atoms with Crippen LogP contribution in [-0.2, 0) is 9.59 Å². The summed E-state index contributed by atoms with van der Waals surface area (Å²) in [7, 11) is 0. The Morgan fingerprint density at radius 1 is 1.14 bits per heavy atom. The largest absolute Gasteiger partial charge is 0.347 e. The Morgan fingerprint density at radius 2 is 1.81 bits per heavy atom. The molecule has 7 heteroatoms. The maximum atomic E-state index is 11.7. The summed E-state index contributed by atoms with van der Waals surface area (Å²) < 4.78 is 0. The van der Waals surface area contributed by atoms with E-state index in [-0.39, 0.29) is 0 Å². The topological polar surface area (TPSA) is 73.5 Å². The molecule has 0 saturated carbocycles. The van der Waals surface area contributed by atoms with Crippen LogP contribution in [-0.4, -0.2) is 56.0 Å². The summed E-state index contributed by atoms with van der Waals surface area (Å²) >= 11 is 5.75. The number of carbonyl (C=O) groups is 2. The minimum Gasteiger partial charge on any atom is -0.347 e. The maximum absolute atomic E-state index is 11.7. The first kappa shape index (κ1) is 15.8. The zero-order valence-corrected chi connectivity index (χ0v) is 12.4. The predicted molar refractivity (Wildman–Crippen MR) is 82.4 cm³/mol. The van der Waals surface area contributed by atoms with Gasteiger partial charge in [-0.15, -0.1) is 0 Å². The minimum absolute atomic E-state index is 0.465. The number of halogens is 1. The summed E-state index contributed by atoms with van der Waals surface area (Å²) in [6.45, 7) is 5.07. The van der Waals surface area contributed by atoms with Gasteiger partial charge in [0.1, 0.15) is 0 Å². The quantitative estimate of drug-likeness (QED) is 0.699. The van der Waals surface area contributed by atoms with E-state index >= 15 is 0 Å². The Balaban J connectivity index is 1.69. The fourth-order valence-electron chi connectivity index (χ4n) is 2.06. The monoisotopic (exact) mass is 310 g/mol. The number of nitrogens with zero attached hydrogens (tertiary/aromatic N) is 1. The van der Waals surface area contributed by atoms with Crippen LogP contribution in [0.1, 0.15) is 0 Å². The Kier molecular flexibility index (Phi) is 5.98. The lowest BCUT2D eigenvalue weighted by Gasteiger charge is -2.26. The Bertz CT molecular complexity index is 486. The molecule has 0 radical (unpaired) electrons. The third-order valence-electron chi connectivity index (χ3n) is 3.23. The van der Waals surface area contributed by atoms with Crippen LogP contribution >= 0.6 is 11.6 Å². The van der Waals surface area contributed by atoms with E-state index in [4.69, 9.17) is 11.6 Å². The summed E-state index contributed by atoms with van der Waals surface area (Å²) in [5.74, 6) is -1.29. The third-order valence-corrected chi connectivity index (χ3v) is 3.48. The normalized spacial score (nSPS) is 15.5. The average molecular weight is 311 g/mol. The molecule has 2 amide bonds. The lowest BCUT2D eigenvalue weighted by atomic mass is 10.3. The molecule has 1 heterocycles. The number of benzene rings is 1. The molecule has 1 fully saturated rings. The van der Waals surface area contributed by atoms with Crippen molar-refractivity contribution in [2.75, 3.05) is 44.6 Å². The molecular weight excluding hydrogens is 292 g/mol.